The van der Waals surface area contributed by atoms with Crippen molar-refractivity contribution in [2.75, 3.05) is 13.7 Å². The van der Waals surface area contributed by atoms with Gasteiger partial charge in [0.2, 0.25) is 0 Å². The van der Waals surface area contributed by atoms with Crippen molar-refractivity contribution in [2.45, 2.75) is 12.8 Å². The lowest BCUT2D eigenvalue weighted by molar-refractivity contribution is -0.140. The van der Waals surface area contributed by atoms with Crippen molar-refractivity contribution in [1.82, 2.24) is 5.43 Å². The Morgan fingerprint density at radius 2 is 2.67 bits per heavy atom. The maximum Gasteiger partial charge on any atom is 0.305 e. The van der Waals surface area contributed by atoms with Gasteiger partial charge < -0.3 is 4.74 Å². The molecule has 0 aromatic heterocycles. The summed E-state index contributed by atoms with van der Waals surface area (Å²) in [4.78, 5) is 10.7. The molecule has 5 nitrogen and oxygen atoms in total. The molecule has 0 unspecified atom stereocenters. The van der Waals surface area contributed by atoms with Crippen LogP contribution in [0.2, 0.25) is 0 Å². The van der Waals surface area contributed by atoms with Crippen LogP contribution < -0.4 is 5.43 Å². The maximum atomic E-state index is 10.7. The van der Waals surface area contributed by atoms with Crippen LogP contribution in [0.15, 0.2) is 22.1 Å². The van der Waals surface area contributed by atoms with E-state index in [0.717, 1.165) is 5.70 Å². The minimum atomic E-state index is -0.208. The number of allylic oxidation sites excluding steroid dienone is 1. The molecule has 0 aromatic carbocycles. The molecule has 5 heteroatoms. The van der Waals surface area contributed by atoms with Crippen molar-refractivity contribution in [1.29, 1.82) is 0 Å². The van der Waals surface area contributed by atoms with Gasteiger partial charge >= 0.3 is 5.97 Å². The third kappa shape index (κ3) is 2.69. The number of esters is 1. The second-order valence-electron chi connectivity index (χ2n) is 2.34. The molecule has 12 heavy (non-hydrogen) atoms. The molecule has 0 atom stereocenters. The van der Waals surface area contributed by atoms with Crippen molar-refractivity contribution in [3.63, 3.8) is 0 Å². The Morgan fingerprint density at radius 3 is 3.25 bits per heavy atom. The molecule has 0 fully saturated rings. The van der Waals surface area contributed by atoms with Gasteiger partial charge in [-0.1, -0.05) is 5.22 Å². The SMILES string of the molecule is COC(=O)CCC1=CCN=NN1. The van der Waals surface area contributed by atoms with Gasteiger partial charge in [0, 0.05) is 5.70 Å². The Morgan fingerprint density at radius 1 is 1.83 bits per heavy atom. The lowest BCUT2D eigenvalue weighted by Crippen LogP contribution is -2.11. The Hall–Kier alpha value is -1.39. The largest absolute Gasteiger partial charge is 0.469 e. The predicted molar refractivity (Wildman–Crippen MR) is 42.2 cm³/mol. The van der Waals surface area contributed by atoms with Gasteiger partial charge in [-0.05, 0) is 12.5 Å². The maximum absolute atomic E-state index is 10.7. The van der Waals surface area contributed by atoms with Gasteiger partial charge in [-0.25, -0.2) is 0 Å². The van der Waals surface area contributed by atoms with Crippen LogP contribution in [-0.4, -0.2) is 19.6 Å². The van der Waals surface area contributed by atoms with E-state index in [1.807, 2.05) is 6.08 Å². The highest BCUT2D eigenvalue weighted by Gasteiger charge is 2.04. The van der Waals surface area contributed by atoms with Crippen molar-refractivity contribution in [3.05, 3.63) is 11.8 Å². The lowest BCUT2D eigenvalue weighted by Gasteiger charge is -2.07. The van der Waals surface area contributed by atoms with Crippen molar-refractivity contribution in [2.24, 2.45) is 10.3 Å². The number of ether oxygens (including phenoxy) is 1. The average Bonchev–Trinajstić information content (AvgIpc) is 2.16. The number of hydrogen-bond donors (Lipinski definition) is 1. The highest BCUT2D eigenvalue weighted by atomic mass is 16.5. The second kappa shape index (κ2) is 4.48. The summed E-state index contributed by atoms with van der Waals surface area (Å²) >= 11 is 0. The molecule has 1 rings (SSSR count). The van der Waals surface area contributed by atoms with E-state index in [0.29, 0.717) is 19.4 Å². The predicted octanol–water partition coefficient (Wildman–Crippen LogP) is 0.794. The van der Waals surface area contributed by atoms with Crippen LogP contribution in [0.3, 0.4) is 0 Å². The summed E-state index contributed by atoms with van der Waals surface area (Å²) < 4.78 is 4.49. The molecular weight excluding hydrogens is 158 g/mol. The topological polar surface area (TPSA) is 63.0 Å². The lowest BCUT2D eigenvalue weighted by atomic mass is 10.2. The summed E-state index contributed by atoms with van der Waals surface area (Å²) in [6.45, 7) is 0.587. The summed E-state index contributed by atoms with van der Waals surface area (Å²) in [7, 11) is 1.38. The zero-order chi connectivity index (χ0) is 8.81. The van der Waals surface area contributed by atoms with Gasteiger partial charge in [0.25, 0.3) is 0 Å². The summed E-state index contributed by atoms with van der Waals surface area (Å²) in [6, 6.07) is 0. The van der Waals surface area contributed by atoms with E-state index in [1.54, 1.807) is 0 Å². The molecule has 0 saturated heterocycles. The van der Waals surface area contributed by atoms with Gasteiger partial charge in [0.1, 0.15) is 0 Å². The number of nitrogens with zero attached hydrogens (tertiary/aromatic N) is 2. The molecule has 0 spiro atoms. The fourth-order valence-electron chi connectivity index (χ4n) is 0.834. The summed E-state index contributed by atoms with van der Waals surface area (Å²) in [5.41, 5.74) is 3.64. The molecule has 0 radical (unpaired) electrons. The van der Waals surface area contributed by atoms with E-state index < -0.39 is 0 Å². The fraction of sp³-hybridized carbons (Fsp3) is 0.571. The number of hydrogen-bond acceptors (Lipinski definition) is 5. The van der Waals surface area contributed by atoms with Gasteiger partial charge in [-0.2, -0.15) is 5.11 Å². The van der Waals surface area contributed by atoms with E-state index in [2.05, 4.69) is 20.5 Å². The molecule has 0 saturated carbocycles. The summed E-state index contributed by atoms with van der Waals surface area (Å²) in [5.74, 6) is -0.208. The van der Waals surface area contributed by atoms with Crippen LogP contribution >= 0.6 is 0 Å². The zero-order valence-corrected chi connectivity index (χ0v) is 6.91. The van der Waals surface area contributed by atoms with E-state index in [1.165, 1.54) is 7.11 Å². The van der Waals surface area contributed by atoms with Crippen LogP contribution in [0.25, 0.3) is 0 Å². The molecule has 1 aliphatic heterocycles. The van der Waals surface area contributed by atoms with Crippen molar-refractivity contribution in [3.8, 4) is 0 Å². The molecule has 66 valence electrons. The van der Waals surface area contributed by atoms with Gasteiger partial charge in [0.05, 0.1) is 20.1 Å². The molecule has 0 aromatic rings. The quantitative estimate of drug-likeness (QED) is 0.635. The Balaban J connectivity index is 2.23. The van der Waals surface area contributed by atoms with E-state index in [9.17, 15) is 4.79 Å². The van der Waals surface area contributed by atoms with Crippen LogP contribution in [0.5, 0.6) is 0 Å². The number of carbonyl (C=O) groups excluding carboxylic acids is 1. The first-order chi connectivity index (χ1) is 5.83. The molecular formula is C7H11N3O2. The highest BCUT2D eigenvalue weighted by Crippen LogP contribution is 2.05. The second-order valence-corrected chi connectivity index (χ2v) is 2.34. The standard InChI is InChI=1S/C7H11N3O2/c1-12-7(11)3-2-6-4-5-8-10-9-6/h4H,2-3,5H2,1H3,(H,8,9). The van der Waals surface area contributed by atoms with E-state index >= 15 is 0 Å². The van der Waals surface area contributed by atoms with Crippen LogP contribution in [0.1, 0.15) is 12.8 Å². The molecule has 1 heterocycles. The third-order valence-corrected chi connectivity index (χ3v) is 1.51. The molecule has 0 amide bonds. The normalized spacial score (nSPS) is 14.9. The first-order valence-electron chi connectivity index (χ1n) is 3.71. The van der Waals surface area contributed by atoms with Crippen molar-refractivity contribution >= 4 is 5.97 Å². The van der Waals surface area contributed by atoms with Gasteiger partial charge in [0.15, 0.2) is 0 Å². The first-order valence-corrected chi connectivity index (χ1v) is 3.71. The first kappa shape index (κ1) is 8.70. The van der Waals surface area contributed by atoms with E-state index in [4.69, 9.17) is 0 Å². The molecule has 1 N–H and O–H groups in total. The van der Waals surface area contributed by atoms with Gasteiger partial charge in [-0.3, -0.25) is 10.2 Å². The smallest absolute Gasteiger partial charge is 0.305 e. The van der Waals surface area contributed by atoms with Gasteiger partial charge in [-0.15, -0.1) is 0 Å². The Kier molecular flexibility index (Phi) is 3.25. The minimum absolute atomic E-state index is 0.208. The van der Waals surface area contributed by atoms with Crippen LogP contribution in [-0.2, 0) is 9.53 Å². The fourth-order valence-corrected chi connectivity index (χ4v) is 0.834. The Labute approximate surface area is 70.5 Å². The number of carbonyl (C=O) groups is 1. The summed E-state index contributed by atoms with van der Waals surface area (Å²) in [6.07, 6.45) is 2.91. The zero-order valence-electron chi connectivity index (χ0n) is 6.91. The number of rotatable bonds is 3. The molecule has 1 aliphatic rings. The van der Waals surface area contributed by atoms with Crippen LogP contribution in [0, 0.1) is 0 Å². The molecule has 0 aliphatic carbocycles. The number of methoxy groups -OCH3 is 1. The van der Waals surface area contributed by atoms with Crippen LogP contribution in [0.4, 0.5) is 0 Å². The number of nitrogens with one attached hydrogen (secondary N) is 1. The molecule has 0 bridgehead atoms. The average molecular weight is 169 g/mol. The highest BCUT2D eigenvalue weighted by molar-refractivity contribution is 5.69. The third-order valence-electron chi connectivity index (χ3n) is 1.51. The van der Waals surface area contributed by atoms with Crippen molar-refractivity contribution < 1.29 is 9.53 Å². The van der Waals surface area contributed by atoms with E-state index in [-0.39, 0.29) is 5.97 Å². The minimum Gasteiger partial charge on any atom is -0.469 e. The Bertz CT molecular complexity index is 223. The summed E-state index contributed by atoms with van der Waals surface area (Å²) in [5, 5.41) is 7.31. The monoisotopic (exact) mass is 169 g/mol.